The van der Waals surface area contributed by atoms with Gasteiger partial charge >= 0.3 is 0 Å². The van der Waals surface area contributed by atoms with E-state index >= 15 is 0 Å². The van der Waals surface area contributed by atoms with Crippen LogP contribution in [0.25, 0.3) is 0 Å². The normalized spacial score (nSPS) is 12.1. The third kappa shape index (κ3) is 5.32. The van der Waals surface area contributed by atoms with Crippen molar-refractivity contribution in [2.75, 3.05) is 23.9 Å². The van der Waals surface area contributed by atoms with Crippen molar-refractivity contribution in [2.24, 2.45) is 5.92 Å². The van der Waals surface area contributed by atoms with Crippen molar-refractivity contribution in [3.8, 4) is 0 Å². The van der Waals surface area contributed by atoms with Gasteiger partial charge in [0.1, 0.15) is 0 Å². The molecule has 0 atom stereocenters. The van der Waals surface area contributed by atoms with Gasteiger partial charge in [-0.1, -0.05) is 75.5 Å². The predicted octanol–water partition coefficient (Wildman–Crippen LogP) is 5.82. The highest BCUT2D eigenvalue weighted by molar-refractivity contribution is 9.09. The van der Waals surface area contributed by atoms with Gasteiger partial charge in [0.2, 0.25) is 0 Å². The molecule has 1 nitrogen and oxygen atoms in total. The van der Waals surface area contributed by atoms with Crippen LogP contribution in [-0.2, 0) is 10.2 Å². The molecule has 1 aromatic rings. The lowest BCUT2D eigenvalue weighted by Gasteiger charge is -2.31. The lowest BCUT2D eigenvalue weighted by atomic mass is 9.81. The molecule has 0 heterocycles. The zero-order valence-corrected chi connectivity index (χ0v) is 16.1. The minimum atomic E-state index is -0.0177. The van der Waals surface area contributed by atoms with E-state index in [1.807, 2.05) is 18.2 Å². The Bertz CT molecular complexity index is 392. The van der Waals surface area contributed by atoms with Crippen LogP contribution in [0.4, 0.5) is 0 Å². The average Bonchev–Trinajstić information content (AvgIpc) is 2.44. The van der Waals surface area contributed by atoms with Crippen LogP contribution in [0.3, 0.4) is 0 Å². The molecular weight excluding hydrogens is 403 g/mol. The van der Waals surface area contributed by atoms with Gasteiger partial charge in [-0.05, 0) is 30.4 Å². The van der Waals surface area contributed by atoms with Crippen LogP contribution >= 0.6 is 43.5 Å². The summed E-state index contributed by atoms with van der Waals surface area (Å²) in [6.45, 7) is 6.03. The Labute approximate surface area is 144 Å². The van der Waals surface area contributed by atoms with Crippen molar-refractivity contribution >= 4 is 43.5 Å². The molecule has 0 N–H and O–H groups in total. The summed E-state index contributed by atoms with van der Waals surface area (Å²) in [7, 11) is 0. The van der Waals surface area contributed by atoms with E-state index in [2.05, 4.69) is 51.8 Å². The van der Waals surface area contributed by atoms with Crippen molar-refractivity contribution in [3.05, 3.63) is 34.9 Å². The fourth-order valence-corrected chi connectivity index (χ4v) is 4.46. The number of hydrogen-bond acceptors (Lipinski definition) is 1. The molecule has 0 bridgehead atoms. The molecule has 1 aromatic carbocycles. The van der Waals surface area contributed by atoms with Gasteiger partial charge in [-0.3, -0.25) is 0 Å². The van der Waals surface area contributed by atoms with Gasteiger partial charge in [0.15, 0.2) is 0 Å². The quantitative estimate of drug-likeness (QED) is 0.357. The number of ether oxygens (including phenoxy) is 1. The van der Waals surface area contributed by atoms with Crippen LogP contribution in [0.15, 0.2) is 24.3 Å². The van der Waals surface area contributed by atoms with Gasteiger partial charge < -0.3 is 4.74 Å². The molecule has 0 aromatic heterocycles. The van der Waals surface area contributed by atoms with E-state index in [-0.39, 0.29) is 5.41 Å². The summed E-state index contributed by atoms with van der Waals surface area (Å²) in [5.74, 6) is 0.690. The summed E-state index contributed by atoms with van der Waals surface area (Å²) < 4.78 is 5.78. The smallest absolute Gasteiger partial charge is 0.0475 e. The molecule has 0 amide bonds. The Kier molecular flexibility index (Phi) is 8.73. The fraction of sp³-hybridized carbons (Fsp3) is 0.625. The van der Waals surface area contributed by atoms with E-state index in [1.165, 1.54) is 5.56 Å². The molecule has 0 spiro atoms. The van der Waals surface area contributed by atoms with Gasteiger partial charge in [0.25, 0.3) is 0 Å². The summed E-state index contributed by atoms with van der Waals surface area (Å²) in [5.41, 5.74) is 1.17. The monoisotopic (exact) mass is 424 g/mol. The SMILES string of the molecule is CC(C)CCOCCC(CBr)(CBr)c1ccccc1Cl. The van der Waals surface area contributed by atoms with E-state index in [1.54, 1.807) is 0 Å². The van der Waals surface area contributed by atoms with Crippen LogP contribution in [0.1, 0.15) is 32.3 Å². The molecule has 0 saturated heterocycles. The van der Waals surface area contributed by atoms with Crippen molar-refractivity contribution < 1.29 is 4.74 Å². The number of hydrogen-bond donors (Lipinski definition) is 0. The molecule has 20 heavy (non-hydrogen) atoms. The molecule has 1 rings (SSSR count). The maximum absolute atomic E-state index is 6.37. The minimum Gasteiger partial charge on any atom is -0.381 e. The van der Waals surface area contributed by atoms with Crippen molar-refractivity contribution in [1.82, 2.24) is 0 Å². The molecule has 114 valence electrons. The highest BCUT2D eigenvalue weighted by Gasteiger charge is 2.31. The molecule has 0 radical (unpaired) electrons. The van der Waals surface area contributed by atoms with Gasteiger partial charge in [-0.15, -0.1) is 0 Å². The molecule has 0 aliphatic carbocycles. The first-order chi connectivity index (χ1) is 9.55. The third-order valence-corrected chi connectivity index (χ3v) is 6.00. The second-order valence-electron chi connectivity index (χ2n) is 5.57. The molecule has 0 aliphatic rings. The van der Waals surface area contributed by atoms with E-state index in [4.69, 9.17) is 16.3 Å². The van der Waals surface area contributed by atoms with Gasteiger partial charge in [-0.25, -0.2) is 0 Å². The van der Waals surface area contributed by atoms with Crippen molar-refractivity contribution in [1.29, 1.82) is 0 Å². The zero-order valence-electron chi connectivity index (χ0n) is 12.2. The van der Waals surface area contributed by atoms with Crippen molar-refractivity contribution in [2.45, 2.75) is 32.1 Å². The Balaban J connectivity index is 2.66. The maximum Gasteiger partial charge on any atom is 0.0475 e. The second-order valence-corrected chi connectivity index (χ2v) is 7.10. The molecule has 0 saturated carbocycles. The molecule has 0 unspecified atom stereocenters. The Morgan fingerprint density at radius 2 is 1.80 bits per heavy atom. The second kappa shape index (κ2) is 9.45. The standard InChI is InChI=1S/C16H23Br2ClO/c1-13(2)7-9-20-10-8-16(11-17,12-18)14-5-3-4-6-15(14)19/h3-6,13H,7-12H2,1-2H3. The maximum atomic E-state index is 6.37. The van der Waals surface area contributed by atoms with Crippen LogP contribution in [0.5, 0.6) is 0 Å². The summed E-state index contributed by atoms with van der Waals surface area (Å²) in [6, 6.07) is 8.08. The average molecular weight is 427 g/mol. The van der Waals surface area contributed by atoms with Crippen LogP contribution in [-0.4, -0.2) is 23.9 Å². The first-order valence-corrected chi connectivity index (χ1v) is 9.62. The number of rotatable bonds is 9. The summed E-state index contributed by atoms with van der Waals surface area (Å²) in [5, 5.41) is 2.55. The molecule has 4 heteroatoms. The number of benzene rings is 1. The Morgan fingerprint density at radius 1 is 1.15 bits per heavy atom. The van der Waals surface area contributed by atoms with E-state index in [0.717, 1.165) is 41.7 Å². The fourth-order valence-electron chi connectivity index (χ4n) is 2.03. The highest BCUT2D eigenvalue weighted by Crippen LogP contribution is 2.36. The predicted molar refractivity (Wildman–Crippen MR) is 95.6 cm³/mol. The van der Waals surface area contributed by atoms with Crippen molar-refractivity contribution in [3.63, 3.8) is 0 Å². The molecule has 0 aliphatic heterocycles. The largest absolute Gasteiger partial charge is 0.381 e. The summed E-state index contributed by atoms with van der Waals surface area (Å²) in [6.07, 6.45) is 2.06. The van der Waals surface area contributed by atoms with Crippen LogP contribution in [0, 0.1) is 5.92 Å². The molecule has 0 fully saturated rings. The van der Waals surface area contributed by atoms with Crippen LogP contribution in [0.2, 0.25) is 5.02 Å². The van der Waals surface area contributed by atoms with E-state index in [0.29, 0.717) is 5.92 Å². The van der Waals surface area contributed by atoms with Crippen LogP contribution < -0.4 is 0 Å². The Morgan fingerprint density at radius 3 is 2.35 bits per heavy atom. The number of alkyl halides is 2. The lowest BCUT2D eigenvalue weighted by molar-refractivity contribution is 0.110. The van der Waals surface area contributed by atoms with Gasteiger partial charge in [0, 0.05) is 34.3 Å². The molecular formula is C16H23Br2ClO. The topological polar surface area (TPSA) is 9.23 Å². The summed E-state index contributed by atoms with van der Waals surface area (Å²) >= 11 is 13.7. The first-order valence-electron chi connectivity index (χ1n) is 7.00. The highest BCUT2D eigenvalue weighted by atomic mass is 79.9. The summed E-state index contributed by atoms with van der Waals surface area (Å²) in [4.78, 5) is 0. The Hall–Kier alpha value is 0.430. The van der Waals surface area contributed by atoms with Gasteiger partial charge in [-0.2, -0.15) is 0 Å². The van der Waals surface area contributed by atoms with E-state index < -0.39 is 0 Å². The number of halogens is 3. The van der Waals surface area contributed by atoms with E-state index in [9.17, 15) is 0 Å². The lowest BCUT2D eigenvalue weighted by Crippen LogP contribution is -2.32. The minimum absolute atomic E-state index is 0.0177. The first kappa shape index (κ1) is 18.5. The zero-order chi connectivity index (χ0) is 15.0. The van der Waals surface area contributed by atoms with Gasteiger partial charge in [0.05, 0.1) is 0 Å². The third-order valence-electron chi connectivity index (χ3n) is 3.52.